The third kappa shape index (κ3) is 4.07. The Balaban J connectivity index is 2.16. The molecule has 0 spiro atoms. The van der Waals surface area contributed by atoms with Crippen LogP contribution in [0.3, 0.4) is 0 Å². The number of amides is 1. The second kappa shape index (κ2) is 6.34. The standard InChI is InChI=1S/C16H14BrNO/c1-12(19)18-16-10-9-14(11-15(16)17)8-7-13-5-3-2-4-6-13/h2-11H,1H3,(H,18,19). The first-order valence-corrected chi connectivity index (χ1v) is 6.75. The van der Waals surface area contributed by atoms with Crippen LogP contribution in [0.4, 0.5) is 5.69 Å². The van der Waals surface area contributed by atoms with Gasteiger partial charge in [-0.15, -0.1) is 0 Å². The SMILES string of the molecule is CC(=O)Nc1ccc(C=Cc2ccccc2)cc1Br. The molecule has 2 nitrogen and oxygen atoms in total. The molecule has 0 atom stereocenters. The Hall–Kier alpha value is -1.87. The van der Waals surface area contributed by atoms with Gasteiger partial charge in [-0.25, -0.2) is 0 Å². The van der Waals surface area contributed by atoms with Crippen molar-refractivity contribution in [1.82, 2.24) is 0 Å². The molecule has 0 saturated heterocycles. The van der Waals surface area contributed by atoms with Crippen molar-refractivity contribution in [2.24, 2.45) is 0 Å². The molecular weight excluding hydrogens is 302 g/mol. The minimum atomic E-state index is -0.0757. The second-order valence-electron chi connectivity index (χ2n) is 4.16. The Labute approximate surface area is 121 Å². The maximum absolute atomic E-state index is 11.0. The summed E-state index contributed by atoms with van der Waals surface area (Å²) >= 11 is 3.45. The van der Waals surface area contributed by atoms with Gasteiger partial charge in [0.1, 0.15) is 0 Å². The summed E-state index contributed by atoms with van der Waals surface area (Å²) in [5, 5.41) is 2.76. The lowest BCUT2D eigenvalue weighted by Gasteiger charge is -2.05. The highest BCUT2D eigenvalue weighted by atomic mass is 79.9. The lowest BCUT2D eigenvalue weighted by Crippen LogP contribution is -2.06. The highest BCUT2D eigenvalue weighted by molar-refractivity contribution is 9.10. The molecule has 96 valence electrons. The van der Waals surface area contributed by atoms with Crippen LogP contribution in [0, 0.1) is 0 Å². The van der Waals surface area contributed by atoms with E-state index in [1.165, 1.54) is 6.92 Å². The maximum Gasteiger partial charge on any atom is 0.221 e. The first-order valence-electron chi connectivity index (χ1n) is 5.95. The van der Waals surface area contributed by atoms with E-state index in [1.807, 2.05) is 42.5 Å². The molecule has 3 heteroatoms. The summed E-state index contributed by atoms with van der Waals surface area (Å²) in [6.45, 7) is 1.50. The van der Waals surface area contributed by atoms with Crippen molar-refractivity contribution in [3.05, 3.63) is 64.1 Å². The van der Waals surface area contributed by atoms with Crippen molar-refractivity contribution in [2.75, 3.05) is 5.32 Å². The Morgan fingerprint density at radius 3 is 2.37 bits per heavy atom. The predicted molar refractivity (Wildman–Crippen MR) is 83.8 cm³/mol. The Morgan fingerprint density at radius 1 is 1.05 bits per heavy atom. The van der Waals surface area contributed by atoms with Crippen molar-refractivity contribution >= 4 is 39.7 Å². The molecule has 0 aromatic heterocycles. The summed E-state index contributed by atoms with van der Waals surface area (Å²) in [5.41, 5.74) is 3.01. The Morgan fingerprint density at radius 2 is 1.74 bits per heavy atom. The molecule has 2 aromatic carbocycles. The Bertz CT molecular complexity index is 605. The van der Waals surface area contributed by atoms with Crippen molar-refractivity contribution in [3.63, 3.8) is 0 Å². The molecule has 0 saturated carbocycles. The highest BCUT2D eigenvalue weighted by Crippen LogP contribution is 2.24. The van der Waals surface area contributed by atoms with Crippen LogP contribution >= 0.6 is 15.9 Å². The molecule has 19 heavy (non-hydrogen) atoms. The monoisotopic (exact) mass is 315 g/mol. The van der Waals surface area contributed by atoms with Crippen LogP contribution < -0.4 is 5.32 Å². The van der Waals surface area contributed by atoms with E-state index in [2.05, 4.69) is 39.5 Å². The Kier molecular flexibility index (Phi) is 4.53. The van der Waals surface area contributed by atoms with Gasteiger partial charge in [0, 0.05) is 11.4 Å². The lowest BCUT2D eigenvalue weighted by molar-refractivity contribution is -0.114. The van der Waals surface area contributed by atoms with Gasteiger partial charge in [-0.3, -0.25) is 4.79 Å². The number of rotatable bonds is 3. The number of carbonyl (C=O) groups excluding carboxylic acids is 1. The largest absolute Gasteiger partial charge is 0.325 e. The van der Waals surface area contributed by atoms with E-state index in [0.717, 1.165) is 21.3 Å². The zero-order chi connectivity index (χ0) is 13.7. The van der Waals surface area contributed by atoms with E-state index in [-0.39, 0.29) is 5.91 Å². The summed E-state index contributed by atoms with van der Waals surface area (Å²) in [5.74, 6) is -0.0757. The van der Waals surface area contributed by atoms with E-state index in [1.54, 1.807) is 0 Å². The number of hydrogen-bond acceptors (Lipinski definition) is 1. The maximum atomic E-state index is 11.0. The molecule has 0 unspecified atom stereocenters. The van der Waals surface area contributed by atoms with Gasteiger partial charge in [0.15, 0.2) is 0 Å². The molecule has 0 aliphatic rings. The lowest BCUT2D eigenvalue weighted by atomic mass is 10.1. The van der Waals surface area contributed by atoms with Crippen molar-refractivity contribution in [3.8, 4) is 0 Å². The van der Waals surface area contributed by atoms with Gasteiger partial charge in [-0.1, -0.05) is 48.6 Å². The molecule has 1 amide bonds. The van der Waals surface area contributed by atoms with E-state index in [9.17, 15) is 4.79 Å². The van der Waals surface area contributed by atoms with E-state index >= 15 is 0 Å². The predicted octanol–water partition coefficient (Wildman–Crippen LogP) is 4.58. The smallest absolute Gasteiger partial charge is 0.221 e. The molecule has 2 rings (SSSR count). The highest BCUT2D eigenvalue weighted by Gasteiger charge is 2.01. The van der Waals surface area contributed by atoms with Crippen LogP contribution in [0.25, 0.3) is 12.2 Å². The van der Waals surface area contributed by atoms with E-state index in [4.69, 9.17) is 0 Å². The summed E-state index contributed by atoms with van der Waals surface area (Å²) < 4.78 is 0.873. The number of anilines is 1. The minimum absolute atomic E-state index is 0.0757. The minimum Gasteiger partial charge on any atom is -0.325 e. The number of nitrogens with one attached hydrogen (secondary N) is 1. The van der Waals surface area contributed by atoms with Crippen molar-refractivity contribution < 1.29 is 4.79 Å². The van der Waals surface area contributed by atoms with Crippen LogP contribution in [0.2, 0.25) is 0 Å². The molecule has 0 radical (unpaired) electrons. The van der Waals surface area contributed by atoms with E-state index < -0.39 is 0 Å². The van der Waals surface area contributed by atoms with Crippen LogP contribution in [-0.4, -0.2) is 5.91 Å². The molecule has 1 N–H and O–H groups in total. The third-order valence-corrected chi connectivity index (χ3v) is 3.23. The zero-order valence-electron chi connectivity index (χ0n) is 10.6. The number of hydrogen-bond donors (Lipinski definition) is 1. The first kappa shape index (κ1) is 13.6. The fourth-order valence-electron chi connectivity index (χ4n) is 1.68. The number of benzene rings is 2. The van der Waals surface area contributed by atoms with Crippen molar-refractivity contribution in [2.45, 2.75) is 6.92 Å². The molecule has 0 aliphatic carbocycles. The summed E-state index contributed by atoms with van der Waals surface area (Å²) in [6.07, 6.45) is 4.09. The van der Waals surface area contributed by atoms with Crippen LogP contribution in [-0.2, 0) is 4.79 Å². The normalized spacial score (nSPS) is 10.6. The summed E-state index contributed by atoms with van der Waals surface area (Å²) in [4.78, 5) is 11.0. The number of halogens is 1. The summed E-state index contributed by atoms with van der Waals surface area (Å²) in [6, 6.07) is 16.0. The second-order valence-corrected chi connectivity index (χ2v) is 5.02. The third-order valence-electron chi connectivity index (χ3n) is 2.57. The van der Waals surface area contributed by atoms with Crippen LogP contribution in [0.1, 0.15) is 18.1 Å². The van der Waals surface area contributed by atoms with E-state index in [0.29, 0.717) is 0 Å². The van der Waals surface area contributed by atoms with Crippen LogP contribution in [0.15, 0.2) is 53.0 Å². The van der Waals surface area contributed by atoms with Gasteiger partial charge in [0.25, 0.3) is 0 Å². The van der Waals surface area contributed by atoms with Gasteiger partial charge < -0.3 is 5.32 Å². The summed E-state index contributed by atoms with van der Waals surface area (Å²) in [7, 11) is 0. The van der Waals surface area contributed by atoms with Gasteiger partial charge in [-0.05, 0) is 39.2 Å². The average Bonchev–Trinajstić information content (AvgIpc) is 2.40. The van der Waals surface area contributed by atoms with Gasteiger partial charge in [-0.2, -0.15) is 0 Å². The average molecular weight is 316 g/mol. The molecule has 0 heterocycles. The molecule has 0 bridgehead atoms. The molecule has 0 fully saturated rings. The number of carbonyl (C=O) groups is 1. The van der Waals surface area contributed by atoms with Gasteiger partial charge in [0.05, 0.1) is 5.69 Å². The zero-order valence-corrected chi connectivity index (χ0v) is 12.1. The molecule has 0 aliphatic heterocycles. The van der Waals surface area contributed by atoms with Crippen molar-refractivity contribution in [1.29, 1.82) is 0 Å². The first-order chi connectivity index (χ1) is 9.15. The molecule has 2 aromatic rings. The quantitative estimate of drug-likeness (QED) is 0.825. The van der Waals surface area contributed by atoms with Crippen LogP contribution in [0.5, 0.6) is 0 Å². The topological polar surface area (TPSA) is 29.1 Å². The fourth-order valence-corrected chi connectivity index (χ4v) is 2.18. The van der Waals surface area contributed by atoms with Gasteiger partial charge in [0.2, 0.25) is 5.91 Å². The van der Waals surface area contributed by atoms with Gasteiger partial charge >= 0.3 is 0 Å². The fraction of sp³-hybridized carbons (Fsp3) is 0.0625. The molecular formula is C16H14BrNO.